The zero-order chi connectivity index (χ0) is 29.4. The molecule has 1 amide bonds. The Morgan fingerprint density at radius 2 is 1.60 bits per heavy atom. The van der Waals surface area contributed by atoms with Crippen LogP contribution in [-0.2, 0) is 23.1 Å². The van der Waals surface area contributed by atoms with Crippen molar-refractivity contribution >= 4 is 50.5 Å². The number of nitrogens with zero attached hydrogens (tertiary/aromatic N) is 2. The number of nitrogens with one attached hydrogen (secondary N) is 2. The quantitative estimate of drug-likeness (QED) is 0.283. The highest BCUT2D eigenvalue weighted by Crippen LogP contribution is 2.40. The Morgan fingerprint density at radius 3 is 2.33 bits per heavy atom. The van der Waals surface area contributed by atoms with Crippen molar-refractivity contribution in [2.45, 2.75) is 30.3 Å². The minimum absolute atomic E-state index is 0.000953. The Hall–Kier alpha value is -3.79. The molecule has 1 aromatic heterocycles. The van der Waals surface area contributed by atoms with Crippen molar-refractivity contribution in [1.82, 2.24) is 9.88 Å². The number of halogens is 2. The normalized spacial score (nSPS) is 17.8. The van der Waals surface area contributed by atoms with Gasteiger partial charge in [0.25, 0.3) is 21.5 Å². The summed E-state index contributed by atoms with van der Waals surface area (Å²) in [6.45, 7) is 2.16. The smallest absolute Gasteiger partial charge is 0.261 e. The van der Waals surface area contributed by atoms with E-state index in [4.69, 9.17) is 23.2 Å². The van der Waals surface area contributed by atoms with E-state index in [0.717, 1.165) is 17.7 Å². The van der Waals surface area contributed by atoms with E-state index in [1.807, 2.05) is 22.8 Å². The molecule has 2 bridgehead atoms. The molecule has 2 aliphatic heterocycles. The van der Waals surface area contributed by atoms with Crippen molar-refractivity contribution in [2.75, 3.05) is 22.7 Å². The van der Waals surface area contributed by atoms with Gasteiger partial charge in [-0.25, -0.2) is 8.42 Å². The summed E-state index contributed by atoms with van der Waals surface area (Å²) >= 11 is 11.9. The Morgan fingerprint density at radius 1 is 0.881 bits per heavy atom. The molecule has 11 heteroatoms. The summed E-state index contributed by atoms with van der Waals surface area (Å²) in [6, 6.07) is 23.5. The molecule has 3 aromatic carbocycles. The lowest BCUT2D eigenvalue weighted by atomic mass is 9.83. The van der Waals surface area contributed by atoms with Gasteiger partial charge < -0.3 is 14.8 Å². The summed E-state index contributed by atoms with van der Waals surface area (Å²) in [5.74, 6) is 0.00107. The Labute approximate surface area is 253 Å². The molecule has 3 heterocycles. The molecule has 0 aliphatic carbocycles. The zero-order valence-electron chi connectivity index (χ0n) is 22.5. The van der Waals surface area contributed by atoms with Crippen LogP contribution in [-0.4, -0.2) is 32.0 Å². The molecule has 1 saturated heterocycles. The lowest BCUT2D eigenvalue weighted by molar-refractivity contribution is 0.0951. The maximum Gasteiger partial charge on any atom is 0.261 e. The number of amides is 1. The fourth-order valence-corrected chi connectivity index (χ4v) is 7.15. The van der Waals surface area contributed by atoms with E-state index in [1.165, 1.54) is 24.3 Å². The number of rotatable bonds is 7. The predicted octanol–water partition coefficient (Wildman–Crippen LogP) is 5.51. The first-order valence-electron chi connectivity index (χ1n) is 13.6. The standard InChI is InChI=1S/C31H28Cl2N4O4S/c32-24-7-4-20(5-8-24)16-34-31(39)22-6-13-29(27(15-22)35-42(40,41)26-11-9-25(33)10-12-26)36-17-21-14-23(19-36)28-2-1-3-30(38)37(28)18-21/h1-13,15,21,23,35H,14,16-19H2,(H,34,39)/t21-,23+/m1/s1. The highest BCUT2D eigenvalue weighted by Gasteiger charge is 2.35. The number of anilines is 2. The highest BCUT2D eigenvalue weighted by molar-refractivity contribution is 7.92. The SMILES string of the molecule is O=C(NCc1ccc(Cl)cc1)c1ccc(N2C[C@H]3C[C@@H](C2)c2cccc(=O)n2C3)c(NS(=O)(=O)c2ccc(Cl)cc2)c1. The second kappa shape index (κ2) is 11.5. The van der Waals surface area contributed by atoms with Crippen LogP contribution in [0.4, 0.5) is 11.4 Å². The molecule has 4 aromatic rings. The molecule has 0 unspecified atom stereocenters. The van der Waals surface area contributed by atoms with Crippen LogP contribution < -0.4 is 20.5 Å². The van der Waals surface area contributed by atoms with Crippen LogP contribution in [0.3, 0.4) is 0 Å². The van der Waals surface area contributed by atoms with Crippen molar-refractivity contribution in [3.63, 3.8) is 0 Å². The topological polar surface area (TPSA) is 101 Å². The van der Waals surface area contributed by atoms with Gasteiger partial charge in [-0.05, 0) is 78.6 Å². The maximum atomic E-state index is 13.4. The van der Waals surface area contributed by atoms with Gasteiger partial charge in [0.1, 0.15) is 0 Å². The van der Waals surface area contributed by atoms with Crippen molar-refractivity contribution in [1.29, 1.82) is 0 Å². The van der Waals surface area contributed by atoms with Crippen LogP contribution >= 0.6 is 23.2 Å². The third kappa shape index (κ3) is 5.90. The molecule has 2 atom stereocenters. The monoisotopic (exact) mass is 622 g/mol. The molecule has 6 rings (SSSR count). The molecule has 1 fully saturated rings. The van der Waals surface area contributed by atoms with E-state index in [2.05, 4.69) is 14.9 Å². The molecule has 2 N–H and O–H groups in total. The van der Waals surface area contributed by atoms with E-state index in [0.29, 0.717) is 46.6 Å². The van der Waals surface area contributed by atoms with Gasteiger partial charge in [-0.15, -0.1) is 0 Å². The Balaban J connectivity index is 1.32. The summed E-state index contributed by atoms with van der Waals surface area (Å²) in [4.78, 5) is 27.8. The Kier molecular flexibility index (Phi) is 7.74. The number of sulfonamides is 1. The number of hydrogen-bond donors (Lipinski definition) is 2. The van der Waals surface area contributed by atoms with E-state index in [1.54, 1.807) is 42.5 Å². The number of benzene rings is 3. The number of carbonyl (C=O) groups excluding carboxylic acids is 1. The van der Waals surface area contributed by atoms with Crippen molar-refractivity contribution in [3.8, 4) is 0 Å². The first-order chi connectivity index (χ1) is 20.2. The number of aromatic nitrogens is 1. The molecule has 216 valence electrons. The van der Waals surface area contributed by atoms with Gasteiger partial charge in [0.2, 0.25) is 0 Å². The number of piperidine rings is 1. The minimum Gasteiger partial charge on any atom is -0.369 e. The fraction of sp³-hybridized carbons (Fsp3) is 0.226. The molecule has 8 nitrogen and oxygen atoms in total. The van der Waals surface area contributed by atoms with Crippen LogP contribution in [0.15, 0.2) is 94.6 Å². The third-order valence-corrected chi connectivity index (χ3v) is 9.70. The Bertz CT molecular complexity index is 1810. The zero-order valence-corrected chi connectivity index (χ0v) is 24.8. The van der Waals surface area contributed by atoms with Crippen LogP contribution in [0, 0.1) is 5.92 Å². The number of fused-ring (bicyclic) bond motifs is 4. The number of pyridine rings is 1. The van der Waals surface area contributed by atoms with Crippen molar-refractivity contribution < 1.29 is 13.2 Å². The molecule has 42 heavy (non-hydrogen) atoms. The molecule has 0 spiro atoms. The number of hydrogen-bond acceptors (Lipinski definition) is 5. The number of carbonyl (C=O) groups is 1. The van der Waals surface area contributed by atoms with Gasteiger partial charge in [0.15, 0.2) is 0 Å². The van der Waals surface area contributed by atoms with Crippen LogP contribution in [0.25, 0.3) is 0 Å². The lowest BCUT2D eigenvalue weighted by Crippen LogP contribution is -2.47. The average molecular weight is 624 g/mol. The van der Waals surface area contributed by atoms with Gasteiger partial charge in [-0.1, -0.05) is 41.4 Å². The summed E-state index contributed by atoms with van der Waals surface area (Å²) in [5, 5.41) is 3.92. The van der Waals surface area contributed by atoms with Crippen LogP contribution in [0.2, 0.25) is 10.0 Å². The van der Waals surface area contributed by atoms with E-state index in [9.17, 15) is 18.0 Å². The molecule has 0 radical (unpaired) electrons. The summed E-state index contributed by atoms with van der Waals surface area (Å²) in [5.41, 5.74) is 3.16. The molecule has 2 aliphatic rings. The van der Waals surface area contributed by atoms with Gasteiger partial charge in [-0.2, -0.15) is 0 Å². The van der Waals surface area contributed by atoms with Crippen molar-refractivity contribution in [3.05, 3.63) is 122 Å². The van der Waals surface area contributed by atoms with Gasteiger partial charge >= 0.3 is 0 Å². The fourth-order valence-electron chi connectivity index (χ4n) is 5.83. The lowest BCUT2D eigenvalue weighted by Gasteiger charge is -2.44. The first kappa shape index (κ1) is 28.3. The second-order valence-electron chi connectivity index (χ2n) is 10.7. The van der Waals surface area contributed by atoms with E-state index in [-0.39, 0.29) is 34.7 Å². The van der Waals surface area contributed by atoms with Gasteiger partial charge in [0.05, 0.1) is 16.3 Å². The molecular weight excluding hydrogens is 595 g/mol. The third-order valence-electron chi connectivity index (χ3n) is 7.81. The van der Waals surface area contributed by atoms with Crippen molar-refractivity contribution in [2.24, 2.45) is 5.92 Å². The van der Waals surface area contributed by atoms with Gasteiger partial charge in [0, 0.05) is 59.5 Å². The minimum atomic E-state index is -3.99. The highest BCUT2D eigenvalue weighted by atomic mass is 35.5. The maximum absolute atomic E-state index is 13.4. The second-order valence-corrected chi connectivity index (χ2v) is 13.3. The van der Waals surface area contributed by atoms with Crippen LogP contribution in [0.5, 0.6) is 0 Å². The first-order valence-corrected chi connectivity index (χ1v) is 15.8. The average Bonchev–Trinajstić information content (AvgIpc) is 2.97. The molecule has 0 saturated carbocycles. The van der Waals surface area contributed by atoms with Crippen LogP contribution in [0.1, 0.15) is 34.0 Å². The molecular formula is C31H28Cl2N4O4S. The largest absolute Gasteiger partial charge is 0.369 e. The summed E-state index contributed by atoms with van der Waals surface area (Å²) < 4.78 is 31.5. The summed E-state index contributed by atoms with van der Waals surface area (Å²) in [7, 11) is -3.99. The summed E-state index contributed by atoms with van der Waals surface area (Å²) in [6.07, 6.45) is 0.955. The predicted molar refractivity (Wildman–Crippen MR) is 165 cm³/mol. The van der Waals surface area contributed by atoms with E-state index >= 15 is 0 Å². The van der Waals surface area contributed by atoms with E-state index < -0.39 is 10.0 Å². The van der Waals surface area contributed by atoms with Gasteiger partial charge in [-0.3, -0.25) is 14.3 Å².